The number of carboxylic acids is 1. The lowest BCUT2D eigenvalue weighted by Crippen LogP contribution is -2.61. The summed E-state index contributed by atoms with van der Waals surface area (Å²) in [5.41, 5.74) is 5.19. The molecule has 0 radical (unpaired) electrons. The summed E-state index contributed by atoms with van der Waals surface area (Å²) in [5, 5.41) is 36.4. The molecule has 0 saturated carbocycles. The minimum atomic E-state index is -1.65. The standard InChI is InChI=1S/C7H13NO6/c8-1-2-3(9)4(10)5(11)6(14-2)7(12)13/h2-6,9-11H,1,8H2,(H,12,13)/t2-,3-,4+,5-,6-/m0/s1. The highest BCUT2D eigenvalue weighted by Gasteiger charge is 2.46. The number of hydrogen-bond donors (Lipinski definition) is 5. The Morgan fingerprint density at radius 2 is 1.79 bits per heavy atom. The quantitative estimate of drug-likeness (QED) is 0.323. The van der Waals surface area contributed by atoms with E-state index in [0.717, 1.165) is 0 Å². The molecule has 1 aliphatic rings. The molecule has 82 valence electrons. The molecule has 1 fully saturated rings. The van der Waals surface area contributed by atoms with E-state index < -0.39 is 36.5 Å². The molecule has 0 aromatic rings. The molecule has 0 amide bonds. The zero-order chi connectivity index (χ0) is 10.9. The molecule has 6 N–H and O–H groups in total. The first-order valence-corrected chi connectivity index (χ1v) is 4.11. The van der Waals surface area contributed by atoms with Crippen LogP contribution in [0, 0.1) is 0 Å². The van der Waals surface area contributed by atoms with Crippen LogP contribution >= 0.6 is 0 Å². The first-order valence-electron chi connectivity index (χ1n) is 4.11. The Morgan fingerprint density at radius 1 is 1.21 bits per heavy atom. The van der Waals surface area contributed by atoms with Crippen molar-refractivity contribution in [1.29, 1.82) is 0 Å². The molecular weight excluding hydrogens is 194 g/mol. The van der Waals surface area contributed by atoms with Gasteiger partial charge in [-0.15, -0.1) is 0 Å². The van der Waals surface area contributed by atoms with Crippen molar-refractivity contribution in [3.8, 4) is 0 Å². The minimum Gasteiger partial charge on any atom is -0.479 e. The van der Waals surface area contributed by atoms with Gasteiger partial charge in [0.2, 0.25) is 0 Å². The van der Waals surface area contributed by atoms with Gasteiger partial charge in [-0.05, 0) is 0 Å². The summed E-state index contributed by atoms with van der Waals surface area (Å²) in [6.07, 6.45) is -7.11. The third-order valence-corrected chi connectivity index (χ3v) is 2.19. The molecule has 14 heavy (non-hydrogen) atoms. The summed E-state index contributed by atoms with van der Waals surface area (Å²) < 4.78 is 4.81. The maximum atomic E-state index is 10.6. The monoisotopic (exact) mass is 207 g/mol. The van der Waals surface area contributed by atoms with Gasteiger partial charge in [0, 0.05) is 6.54 Å². The van der Waals surface area contributed by atoms with Gasteiger partial charge in [-0.25, -0.2) is 4.79 Å². The lowest BCUT2D eigenvalue weighted by atomic mass is 9.95. The van der Waals surface area contributed by atoms with Gasteiger partial charge in [0.05, 0.1) is 6.10 Å². The summed E-state index contributed by atoms with van der Waals surface area (Å²) in [4.78, 5) is 10.6. The maximum absolute atomic E-state index is 10.6. The largest absolute Gasteiger partial charge is 0.479 e. The predicted octanol–water partition coefficient (Wildman–Crippen LogP) is -3.12. The maximum Gasteiger partial charge on any atom is 0.335 e. The van der Waals surface area contributed by atoms with Crippen LogP contribution in [-0.2, 0) is 9.53 Å². The van der Waals surface area contributed by atoms with Crippen molar-refractivity contribution in [3.05, 3.63) is 0 Å². The summed E-state index contributed by atoms with van der Waals surface area (Å²) in [6.45, 7) is -0.130. The second-order valence-electron chi connectivity index (χ2n) is 3.14. The summed E-state index contributed by atoms with van der Waals surface area (Å²) in [6, 6.07) is 0. The highest BCUT2D eigenvalue weighted by molar-refractivity contribution is 5.73. The van der Waals surface area contributed by atoms with Crippen molar-refractivity contribution in [1.82, 2.24) is 0 Å². The van der Waals surface area contributed by atoms with E-state index in [1.165, 1.54) is 0 Å². The van der Waals surface area contributed by atoms with Crippen molar-refractivity contribution < 1.29 is 30.0 Å². The van der Waals surface area contributed by atoms with Crippen molar-refractivity contribution in [2.75, 3.05) is 6.54 Å². The first kappa shape index (κ1) is 11.3. The number of carboxylic acid groups (broad SMARTS) is 1. The third kappa shape index (κ3) is 1.86. The normalized spacial score (nSPS) is 43.6. The van der Waals surface area contributed by atoms with Crippen molar-refractivity contribution in [2.24, 2.45) is 5.73 Å². The molecule has 0 unspecified atom stereocenters. The van der Waals surface area contributed by atoms with Crippen molar-refractivity contribution in [2.45, 2.75) is 30.5 Å². The topological polar surface area (TPSA) is 133 Å². The van der Waals surface area contributed by atoms with Crippen LogP contribution in [0.2, 0.25) is 0 Å². The van der Waals surface area contributed by atoms with Crippen LogP contribution in [0.1, 0.15) is 0 Å². The smallest absolute Gasteiger partial charge is 0.335 e. The number of aliphatic hydroxyl groups is 3. The molecule has 0 aromatic carbocycles. The van der Waals surface area contributed by atoms with Gasteiger partial charge < -0.3 is 30.9 Å². The highest BCUT2D eigenvalue weighted by atomic mass is 16.6. The Hall–Kier alpha value is -0.730. The van der Waals surface area contributed by atoms with Crippen LogP contribution in [0.4, 0.5) is 0 Å². The molecule has 7 heteroatoms. The van der Waals surface area contributed by atoms with E-state index in [1.807, 2.05) is 0 Å². The molecule has 7 nitrogen and oxygen atoms in total. The van der Waals surface area contributed by atoms with Crippen LogP contribution < -0.4 is 5.73 Å². The van der Waals surface area contributed by atoms with Gasteiger partial charge in [-0.1, -0.05) is 0 Å². The summed E-state index contributed by atoms with van der Waals surface area (Å²) in [5.74, 6) is -1.40. The number of aliphatic hydroxyl groups excluding tert-OH is 3. The Morgan fingerprint density at radius 3 is 2.21 bits per heavy atom. The van der Waals surface area contributed by atoms with Crippen molar-refractivity contribution in [3.63, 3.8) is 0 Å². The average Bonchev–Trinajstić information content (AvgIpc) is 2.14. The molecule has 0 aromatic heterocycles. The molecular formula is C7H13NO6. The molecule has 0 spiro atoms. The van der Waals surface area contributed by atoms with Gasteiger partial charge in [0.1, 0.15) is 18.3 Å². The molecule has 1 saturated heterocycles. The first-order chi connectivity index (χ1) is 6.49. The Labute approximate surface area is 79.7 Å². The molecule has 0 bridgehead atoms. The van der Waals surface area contributed by atoms with E-state index in [4.69, 9.17) is 15.6 Å². The van der Waals surface area contributed by atoms with Crippen LogP contribution in [0.3, 0.4) is 0 Å². The second-order valence-corrected chi connectivity index (χ2v) is 3.14. The highest BCUT2D eigenvalue weighted by Crippen LogP contribution is 2.20. The number of ether oxygens (including phenoxy) is 1. The molecule has 0 aliphatic carbocycles. The number of hydrogen-bond acceptors (Lipinski definition) is 6. The zero-order valence-electron chi connectivity index (χ0n) is 7.28. The fourth-order valence-electron chi connectivity index (χ4n) is 1.35. The summed E-state index contributed by atoms with van der Waals surface area (Å²) >= 11 is 0. The van der Waals surface area contributed by atoms with E-state index >= 15 is 0 Å². The number of aliphatic carboxylic acids is 1. The van der Waals surface area contributed by atoms with E-state index in [2.05, 4.69) is 0 Å². The third-order valence-electron chi connectivity index (χ3n) is 2.19. The van der Waals surface area contributed by atoms with Crippen LogP contribution in [0.15, 0.2) is 0 Å². The zero-order valence-corrected chi connectivity index (χ0v) is 7.28. The predicted molar refractivity (Wildman–Crippen MR) is 43.4 cm³/mol. The fraction of sp³-hybridized carbons (Fsp3) is 0.857. The molecule has 1 rings (SSSR count). The lowest BCUT2D eigenvalue weighted by Gasteiger charge is -2.38. The van der Waals surface area contributed by atoms with Gasteiger partial charge in [-0.2, -0.15) is 0 Å². The van der Waals surface area contributed by atoms with E-state index in [-0.39, 0.29) is 6.54 Å². The van der Waals surface area contributed by atoms with Gasteiger partial charge in [-0.3, -0.25) is 0 Å². The minimum absolute atomic E-state index is 0.130. The van der Waals surface area contributed by atoms with Crippen LogP contribution in [0.5, 0.6) is 0 Å². The van der Waals surface area contributed by atoms with Gasteiger partial charge in [0.25, 0.3) is 0 Å². The second kappa shape index (κ2) is 4.20. The number of carbonyl (C=O) groups is 1. The SMILES string of the molecule is NC[C@@H]1O[C@H](C(=O)O)[C@@H](O)[C@H](O)[C@H]1O. The van der Waals surface area contributed by atoms with Gasteiger partial charge in [0.15, 0.2) is 6.10 Å². The Bertz CT molecular complexity index is 220. The molecule has 1 heterocycles. The van der Waals surface area contributed by atoms with Gasteiger partial charge >= 0.3 is 5.97 Å². The Balaban J connectivity index is 2.78. The average molecular weight is 207 g/mol. The van der Waals surface area contributed by atoms with E-state index in [9.17, 15) is 20.1 Å². The number of nitrogens with two attached hydrogens (primary N) is 1. The van der Waals surface area contributed by atoms with E-state index in [0.29, 0.717) is 0 Å². The number of rotatable bonds is 2. The van der Waals surface area contributed by atoms with Crippen molar-refractivity contribution >= 4 is 5.97 Å². The lowest BCUT2D eigenvalue weighted by molar-refractivity contribution is -0.225. The fourth-order valence-corrected chi connectivity index (χ4v) is 1.35. The molecule has 5 atom stereocenters. The van der Waals surface area contributed by atoms with Crippen LogP contribution in [-0.4, -0.2) is 63.5 Å². The summed E-state index contributed by atoms with van der Waals surface area (Å²) in [7, 11) is 0. The Kier molecular flexibility index (Phi) is 3.40. The van der Waals surface area contributed by atoms with E-state index in [1.54, 1.807) is 0 Å². The van der Waals surface area contributed by atoms with Crippen LogP contribution in [0.25, 0.3) is 0 Å². The molecule has 1 aliphatic heterocycles.